The number of hydrogen-bond acceptors (Lipinski definition) is 2. The third kappa shape index (κ3) is 1.75. The highest BCUT2D eigenvalue weighted by Gasteiger charge is 2.64. The van der Waals surface area contributed by atoms with E-state index in [0.717, 1.165) is 0 Å². The van der Waals surface area contributed by atoms with Crippen LogP contribution in [0.5, 0.6) is 0 Å². The van der Waals surface area contributed by atoms with Crippen molar-refractivity contribution in [3.63, 3.8) is 0 Å². The van der Waals surface area contributed by atoms with Gasteiger partial charge < -0.3 is 5.11 Å². The number of hydrogen-bond donors (Lipinski definition) is 2. The summed E-state index contributed by atoms with van der Waals surface area (Å²) in [7, 11) is -3.12. The zero-order valence-corrected chi connectivity index (χ0v) is 10.9. The van der Waals surface area contributed by atoms with Crippen molar-refractivity contribution in [2.45, 2.75) is 38.8 Å². The van der Waals surface area contributed by atoms with E-state index in [1.165, 1.54) is 0 Å². The third-order valence-corrected chi connectivity index (χ3v) is 6.32. The van der Waals surface area contributed by atoms with Crippen molar-refractivity contribution in [1.82, 2.24) is 14.4 Å². The molecule has 2 aliphatic rings. The Morgan fingerprint density at radius 2 is 1.50 bits per heavy atom. The smallest absolute Gasteiger partial charge is 0.412 e. The van der Waals surface area contributed by atoms with Crippen molar-refractivity contribution in [3.8, 4) is 0 Å². The average molecular weight is 247 g/mol. The normalized spacial score (nSPS) is 37.2. The van der Waals surface area contributed by atoms with Crippen LogP contribution in [0.25, 0.3) is 0 Å². The molecule has 0 aromatic rings. The molecule has 0 radical (unpaired) electrons. The molecule has 2 aliphatic heterocycles. The van der Waals surface area contributed by atoms with Crippen molar-refractivity contribution in [2.75, 3.05) is 13.1 Å². The van der Waals surface area contributed by atoms with Crippen LogP contribution in [0.1, 0.15) is 27.7 Å². The molecule has 92 valence electrons. The number of rotatable bonds is 3. The maximum absolute atomic E-state index is 12.7. The van der Waals surface area contributed by atoms with Crippen LogP contribution in [0.15, 0.2) is 0 Å². The summed E-state index contributed by atoms with van der Waals surface area (Å²) >= 11 is 0. The Bertz CT molecular complexity index is 367. The van der Waals surface area contributed by atoms with Gasteiger partial charge in [0.05, 0.1) is 0 Å². The molecule has 0 saturated carbocycles. The zero-order chi connectivity index (χ0) is 12.4. The van der Waals surface area contributed by atoms with Crippen molar-refractivity contribution >= 4 is 13.7 Å². The molecule has 2 rings (SSSR count). The molecule has 0 bridgehead atoms. The van der Waals surface area contributed by atoms with E-state index >= 15 is 0 Å². The molecule has 0 spiro atoms. The Balaban J connectivity index is 2.22. The quantitative estimate of drug-likeness (QED) is 0.584. The fourth-order valence-corrected chi connectivity index (χ4v) is 5.26. The Morgan fingerprint density at radius 1 is 1.19 bits per heavy atom. The molecule has 0 aromatic carbocycles. The van der Waals surface area contributed by atoms with Crippen LogP contribution in [0.2, 0.25) is 0 Å². The van der Waals surface area contributed by atoms with Crippen molar-refractivity contribution in [1.29, 1.82) is 0 Å². The Labute approximate surface area is 95.1 Å². The number of nitrogens with one attached hydrogen (secondary N) is 1. The van der Waals surface area contributed by atoms with Crippen LogP contribution in [0, 0.1) is 0 Å². The van der Waals surface area contributed by atoms with E-state index in [0.29, 0.717) is 13.1 Å². The molecule has 16 heavy (non-hydrogen) atoms. The molecular formula is C9H18N3O3P. The molecule has 2 atom stereocenters. The Hall–Kier alpha value is -0.580. The summed E-state index contributed by atoms with van der Waals surface area (Å²) in [5.41, 5.74) is -0.340. The minimum Gasteiger partial charge on any atom is -0.465 e. The summed E-state index contributed by atoms with van der Waals surface area (Å²) in [6, 6.07) is 0. The first kappa shape index (κ1) is 11.9. The number of nitrogens with zero attached hydrogens (tertiary/aromatic N) is 2. The minimum atomic E-state index is -3.12. The van der Waals surface area contributed by atoms with E-state index in [9.17, 15) is 9.36 Å². The van der Waals surface area contributed by atoms with Crippen molar-refractivity contribution < 1.29 is 14.5 Å². The van der Waals surface area contributed by atoms with Gasteiger partial charge in [-0.05, 0) is 27.7 Å². The second kappa shape index (κ2) is 3.00. The van der Waals surface area contributed by atoms with Crippen LogP contribution >= 0.6 is 7.59 Å². The predicted octanol–water partition coefficient (Wildman–Crippen LogP) is 1.55. The first-order valence-corrected chi connectivity index (χ1v) is 6.88. The van der Waals surface area contributed by atoms with E-state index < -0.39 is 13.7 Å². The van der Waals surface area contributed by atoms with Gasteiger partial charge in [0.2, 0.25) is 0 Å². The summed E-state index contributed by atoms with van der Waals surface area (Å²) in [5, 5.41) is 11.0. The lowest BCUT2D eigenvalue weighted by atomic mass is 10.2. The Morgan fingerprint density at radius 3 is 1.69 bits per heavy atom. The Kier molecular flexibility index (Phi) is 2.23. The molecule has 6 nitrogen and oxygen atoms in total. The van der Waals surface area contributed by atoms with Gasteiger partial charge >= 0.3 is 13.7 Å². The monoisotopic (exact) mass is 247 g/mol. The zero-order valence-electron chi connectivity index (χ0n) is 10.0. The molecule has 7 heteroatoms. The number of amides is 1. The van der Waals surface area contributed by atoms with Gasteiger partial charge in [-0.1, -0.05) is 0 Å². The van der Waals surface area contributed by atoms with Gasteiger partial charge in [0.25, 0.3) is 0 Å². The van der Waals surface area contributed by atoms with Crippen LogP contribution < -0.4 is 5.09 Å². The topological polar surface area (TPSA) is 72.4 Å². The predicted molar refractivity (Wildman–Crippen MR) is 60.3 cm³/mol. The fraction of sp³-hybridized carbons (Fsp3) is 0.889. The highest BCUT2D eigenvalue weighted by molar-refractivity contribution is 7.58. The molecule has 2 unspecified atom stereocenters. The van der Waals surface area contributed by atoms with Gasteiger partial charge in [-0.2, -0.15) is 0 Å². The fourth-order valence-electron chi connectivity index (χ4n) is 1.96. The van der Waals surface area contributed by atoms with Gasteiger partial charge in [-0.3, -0.25) is 4.57 Å². The molecule has 2 heterocycles. The maximum atomic E-state index is 12.7. The molecule has 0 aliphatic carbocycles. The summed E-state index contributed by atoms with van der Waals surface area (Å²) < 4.78 is 16.2. The van der Waals surface area contributed by atoms with Crippen LogP contribution in [-0.4, -0.2) is 44.7 Å². The summed E-state index contributed by atoms with van der Waals surface area (Å²) in [4.78, 5) is 10.8. The van der Waals surface area contributed by atoms with Crippen LogP contribution in [-0.2, 0) is 4.57 Å². The lowest BCUT2D eigenvalue weighted by Gasteiger charge is -2.24. The summed E-state index contributed by atoms with van der Waals surface area (Å²) in [5.74, 6) is 0. The van der Waals surface area contributed by atoms with E-state index in [1.807, 2.05) is 27.7 Å². The highest BCUT2D eigenvalue weighted by Crippen LogP contribution is 2.66. The van der Waals surface area contributed by atoms with Gasteiger partial charge in [-0.15, -0.1) is 0 Å². The number of carbonyl (C=O) groups is 1. The second-order valence-corrected chi connectivity index (χ2v) is 7.98. The molecule has 0 aromatic heterocycles. The van der Waals surface area contributed by atoms with Crippen LogP contribution in [0.4, 0.5) is 4.79 Å². The van der Waals surface area contributed by atoms with E-state index in [1.54, 1.807) is 9.34 Å². The van der Waals surface area contributed by atoms with Gasteiger partial charge in [0, 0.05) is 24.2 Å². The van der Waals surface area contributed by atoms with Crippen LogP contribution in [0.3, 0.4) is 0 Å². The van der Waals surface area contributed by atoms with Gasteiger partial charge in [0.15, 0.2) is 0 Å². The largest absolute Gasteiger partial charge is 0.465 e. The second-order valence-electron chi connectivity index (χ2n) is 5.70. The van der Waals surface area contributed by atoms with Crippen molar-refractivity contribution in [3.05, 3.63) is 0 Å². The standard InChI is InChI=1S/C9H18N3O3P/c1-8(2)5-11(8)16(15,10-7(13)14)12-6-9(12,3)4/h5-6H2,1-4H3,(H,10,15)(H,13,14). The molecule has 2 fully saturated rings. The van der Waals surface area contributed by atoms with Gasteiger partial charge in [-0.25, -0.2) is 19.2 Å². The lowest BCUT2D eigenvalue weighted by molar-refractivity contribution is 0.199. The highest BCUT2D eigenvalue weighted by atomic mass is 31.2. The first-order valence-electron chi connectivity index (χ1n) is 5.27. The van der Waals surface area contributed by atoms with Gasteiger partial charge in [0.1, 0.15) is 0 Å². The van der Waals surface area contributed by atoms with E-state index in [2.05, 4.69) is 5.09 Å². The summed E-state index contributed by atoms with van der Waals surface area (Å²) in [6.07, 6.45) is -1.23. The molecule has 1 amide bonds. The summed E-state index contributed by atoms with van der Waals surface area (Å²) in [6.45, 7) is 9.16. The molecular weight excluding hydrogens is 229 g/mol. The molecule has 2 N–H and O–H groups in total. The SMILES string of the molecule is CC1(C)CN1P(=O)(NC(=O)O)N1CC1(C)C. The maximum Gasteiger partial charge on any atom is 0.412 e. The molecule has 2 saturated heterocycles. The number of carboxylic acid groups (broad SMARTS) is 1. The third-order valence-electron chi connectivity index (χ3n) is 3.16. The van der Waals surface area contributed by atoms with Crippen molar-refractivity contribution in [2.24, 2.45) is 0 Å². The van der Waals surface area contributed by atoms with E-state index in [-0.39, 0.29) is 11.1 Å². The average Bonchev–Trinajstić information content (AvgIpc) is 2.87. The van der Waals surface area contributed by atoms with E-state index in [4.69, 9.17) is 5.11 Å². The minimum absolute atomic E-state index is 0.170. The first-order chi connectivity index (χ1) is 7.09. The lowest BCUT2D eigenvalue weighted by Crippen LogP contribution is -2.29.